The normalized spacial score (nSPS) is 12.6. The van der Waals surface area contributed by atoms with Crippen molar-refractivity contribution in [3.63, 3.8) is 0 Å². The van der Waals surface area contributed by atoms with Gasteiger partial charge in [-0.15, -0.1) is 0 Å². The molecule has 0 spiro atoms. The summed E-state index contributed by atoms with van der Waals surface area (Å²) in [5, 5.41) is 29.0. The summed E-state index contributed by atoms with van der Waals surface area (Å²) in [6, 6.07) is 56.4. The fourth-order valence-corrected chi connectivity index (χ4v) is 10.3. The topological polar surface area (TPSA) is 75.6 Å². The lowest BCUT2D eigenvalue weighted by Crippen LogP contribution is -2.10. The van der Waals surface area contributed by atoms with Gasteiger partial charge in [0.1, 0.15) is 17.2 Å². The molecule has 12 rings (SSSR count). The van der Waals surface area contributed by atoms with E-state index < -0.39 is 0 Å². The molecule has 0 unspecified atom stereocenters. The summed E-state index contributed by atoms with van der Waals surface area (Å²) in [5.41, 5.74) is 14.0. The van der Waals surface area contributed by atoms with Gasteiger partial charge in [0.15, 0.2) is 0 Å². The van der Waals surface area contributed by atoms with Crippen molar-refractivity contribution < 1.29 is 4.42 Å². The smallest absolute Gasteiger partial charge is 0.145 e. The number of rotatable bonds is 4. The van der Waals surface area contributed by atoms with Crippen LogP contribution >= 0.6 is 0 Å². The Morgan fingerprint density at radius 3 is 1.62 bits per heavy atom. The van der Waals surface area contributed by atoms with Gasteiger partial charge in [-0.25, -0.2) is 0 Å². The monoisotopic (exact) mass is 827 g/mol. The van der Waals surface area contributed by atoms with E-state index in [1.54, 1.807) is 0 Å². The first-order chi connectivity index (χ1) is 30.9. The van der Waals surface area contributed by atoms with Crippen LogP contribution < -0.4 is 0 Å². The standard InChI is InChI=1S/C58H45N5O/c1-57(2,3)36-19-23-48-43(29-36)44-30-37(58(4,5)6)20-24-49(44)62(48)52-27-35(33-60)53(28-34(52)32-59)63-50-25-21-38(61-46-16-10-7-13-39(46)40-14-8-11-17-47(40)61)31-45(50)55-51(63)26-22-42-41-15-9-12-18-54(41)64-56(42)55/h7-31,33,60H,1-6H3. The van der Waals surface area contributed by atoms with Crippen molar-refractivity contribution in [2.24, 2.45) is 0 Å². The van der Waals surface area contributed by atoms with Gasteiger partial charge in [0, 0.05) is 55.2 Å². The first-order valence-electron chi connectivity index (χ1n) is 22.0. The quantitative estimate of drug-likeness (QED) is 0.179. The highest BCUT2D eigenvalue weighted by atomic mass is 16.3. The molecule has 0 radical (unpaired) electrons. The summed E-state index contributed by atoms with van der Waals surface area (Å²) >= 11 is 0. The molecule has 0 amide bonds. The van der Waals surface area contributed by atoms with E-state index in [9.17, 15) is 5.26 Å². The fourth-order valence-electron chi connectivity index (χ4n) is 10.3. The molecular formula is C58H45N5O. The summed E-state index contributed by atoms with van der Waals surface area (Å²) in [6.45, 7) is 13.5. The van der Waals surface area contributed by atoms with Crippen LogP contribution in [0.2, 0.25) is 0 Å². The molecule has 0 saturated heterocycles. The highest BCUT2D eigenvalue weighted by Gasteiger charge is 2.26. The van der Waals surface area contributed by atoms with Crippen molar-refractivity contribution in [3.8, 4) is 23.1 Å². The molecule has 4 heterocycles. The Kier molecular flexibility index (Phi) is 7.87. The second-order valence-corrected chi connectivity index (χ2v) is 19.3. The molecule has 64 heavy (non-hydrogen) atoms. The minimum Gasteiger partial charge on any atom is -0.455 e. The maximum atomic E-state index is 11.2. The van der Waals surface area contributed by atoms with Gasteiger partial charge in [0.2, 0.25) is 0 Å². The number of nitrogens with zero attached hydrogens (tertiary/aromatic N) is 4. The van der Waals surface area contributed by atoms with Crippen molar-refractivity contribution >= 4 is 93.6 Å². The van der Waals surface area contributed by atoms with E-state index in [2.05, 4.69) is 189 Å². The molecule has 0 saturated carbocycles. The molecule has 1 N–H and O–H groups in total. The van der Waals surface area contributed by atoms with Crippen molar-refractivity contribution in [1.29, 1.82) is 10.7 Å². The van der Waals surface area contributed by atoms with Crippen LogP contribution in [0.4, 0.5) is 0 Å². The second-order valence-electron chi connectivity index (χ2n) is 19.3. The van der Waals surface area contributed by atoms with E-state index in [1.807, 2.05) is 24.3 Å². The van der Waals surface area contributed by atoms with Crippen molar-refractivity contribution in [2.45, 2.75) is 52.4 Å². The number of fused-ring (bicyclic) bond motifs is 13. The summed E-state index contributed by atoms with van der Waals surface area (Å²) in [7, 11) is 0. The van der Waals surface area contributed by atoms with Crippen molar-refractivity contribution in [2.75, 3.05) is 0 Å². The number of nitrogens with one attached hydrogen (secondary N) is 1. The Morgan fingerprint density at radius 1 is 0.484 bits per heavy atom. The van der Waals surface area contributed by atoms with Crippen LogP contribution in [-0.4, -0.2) is 19.9 Å². The van der Waals surface area contributed by atoms with Gasteiger partial charge in [-0.2, -0.15) is 5.26 Å². The number of para-hydroxylation sites is 3. The van der Waals surface area contributed by atoms with Gasteiger partial charge in [-0.1, -0.05) is 108 Å². The lowest BCUT2D eigenvalue weighted by atomic mass is 9.85. The predicted octanol–water partition coefficient (Wildman–Crippen LogP) is 15.3. The number of hydrogen-bond donors (Lipinski definition) is 1. The average Bonchev–Trinajstić information content (AvgIpc) is 4.03. The molecule has 0 fully saturated rings. The van der Waals surface area contributed by atoms with Gasteiger partial charge in [0.05, 0.1) is 55.4 Å². The zero-order valence-corrected chi connectivity index (χ0v) is 36.7. The molecule has 0 aliphatic carbocycles. The van der Waals surface area contributed by atoms with Gasteiger partial charge in [-0.05, 0) is 107 Å². The fraction of sp³-hybridized carbons (Fsp3) is 0.138. The van der Waals surface area contributed by atoms with E-state index >= 15 is 0 Å². The van der Waals surface area contributed by atoms with Crippen LogP contribution in [0.1, 0.15) is 63.8 Å². The third-order valence-corrected chi connectivity index (χ3v) is 13.5. The summed E-state index contributed by atoms with van der Waals surface area (Å²) in [5.74, 6) is 0. The third-order valence-electron chi connectivity index (χ3n) is 13.5. The third kappa shape index (κ3) is 5.34. The highest BCUT2D eigenvalue weighted by Crippen LogP contribution is 2.44. The molecule has 4 aromatic heterocycles. The number of hydrogen-bond acceptors (Lipinski definition) is 3. The van der Waals surface area contributed by atoms with E-state index in [-0.39, 0.29) is 10.8 Å². The SMILES string of the molecule is CC(C)(C)c1ccc2c(c1)c1cc(C(C)(C)C)ccc1n2-c1cc(C=N)c(-n2c3ccc(-n4c5ccccc5c5ccccc54)cc3c3c4oc5ccccc5c4ccc32)cc1C#N. The lowest BCUT2D eigenvalue weighted by Gasteiger charge is -2.19. The van der Waals surface area contributed by atoms with Crippen molar-refractivity contribution in [1.82, 2.24) is 13.7 Å². The Morgan fingerprint density at radius 2 is 1.02 bits per heavy atom. The van der Waals surface area contributed by atoms with Crippen LogP contribution in [0.3, 0.4) is 0 Å². The molecule has 6 nitrogen and oxygen atoms in total. The summed E-state index contributed by atoms with van der Waals surface area (Å²) < 4.78 is 13.6. The van der Waals surface area contributed by atoms with Crippen molar-refractivity contribution in [3.05, 3.63) is 174 Å². The van der Waals surface area contributed by atoms with Gasteiger partial charge < -0.3 is 23.5 Å². The molecule has 0 aliphatic heterocycles. The Balaban J connectivity index is 1.15. The molecule has 0 bridgehead atoms. The molecule has 12 aromatic rings. The molecule has 8 aromatic carbocycles. The van der Waals surface area contributed by atoms with Crippen LogP contribution in [0.25, 0.3) is 104 Å². The molecular weight excluding hydrogens is 783 g/mol. The zero-order valence-electron chi connectivity index (χ0n) is 36.7. The first kappa shape index (κ1) is 37.8. The molecule has 308 valence electrons. The minimum atomic E-state index is -0.0441. The van der Waals surface area contributed by atoms with E-state index in [0.29, 0.717) is 11.1 Å². The van der Waals surface area contributed by atoms with E-state index in [4.69, 9.17) is 9.83 Å². The maximum absolute atomic E-state index is 11.2. The second kappa shape index (κ2) is 13.3. The molecule has 0 atom stereocenters. The Hall–Kier alpha value is -7.88. The first-order valence-corrected chi connectivity index (χ1v) is 22.0. The number of aromatic nitrogens is 3. The molecule has 0 aliphatic rings. The minimum absolute atomic E-state index is 0.0441. The van der Waals surface area contributed by atoms with Crippen LogP contribution in [-0.2, 0) is 10.8 Å². The number of nitriles is 1. The maximum Gasteiger partial charge on any atom is 0.145 e. The largest absolute Gasteiger partial charge is 0.455 e. The molecule has 6 heteroatoms. The Labute approximate surface area is 370 Å². The van der Waals surface area contributed by atoms with Gasteiger partial charge in [-0.3, -0.25) is 0 Å². The van der Waals surface area contributed by atoms with Gasteiger partial charge >= 0.3 is 0 Å². The average molecular weight is 828 g/mol. The van der Waals surface area contributed by atoms with Crippen LogP contribution in [0.15, 0.2) is 156 Å². The van der Waals surface area contributed by atoms with E-state index in [0.717, 1.165) is 93.6 Å². The summed E-state index contributed by atoms with van der Waals surface area (Å²) in [4.78, 5) is 0. The van der Waals surface area contributed by atoms with E-state index in [1.165, 1.54) is 28.1 Å². The van der Waals surface area contributed by atoms with Crippen LogP contribution in [0, 0.1) is 16.7 Å². The lowest BCUT2D eigenvalue weighted by molar-refractivity contribution is 0.590. The number of furan rings is 1. The zero-order chi connectivity index (χ0) is 43.8. The number of benzene rings is 8. The van der Waals surface area contributed by atoms with Gasteiger partial charge in [0.25, 0.3) is 0 Å². The highest BCUT2D eigenvalue weighted by molar-refractivity contribution is 6.24. The summed E-state index contributed by atoms with van der Waals surface area (Å²) in [6.07, 6.45) is 1.42. The van der Waals surface area contributed by atoms with Crippen LogP contribution in [0.5, 0.6) is 0 Å². The predicted molar refractivity (Wildman–Crippen MR) is 267 cm³/mol. The Bertz CT molecular complexity index is 3890.